The highest BCUT2D eigenvalue weighted by Gasteiger charge is 2.30. The van der Waals surface area contributed by atoms with Crippen molar-refractivity contribution in [1.82, 2.24) is 14.9 Å². The number of carbonyl (C=O) groups is 1. The molecule has 2 aromatic carbocycles. The molecule has 1 heterocycles. The molecule has 6 nitrogen and oxygen atoms in total. The number of urea groups is 1. The minimum absolute atomic E-state index is 0.0528. The number of sulfonamides is 1. The van der Waals surface area contributed by atoms with Gasteiger partial charge in [0.15, 0.2) is 0 Å². The first-order chi connectivity index (χ1) is 14.7. The maximum atomic E-state index is 12.7. The van der Waals surface area contributed by atoms with Gasteiger partial charge in [-0.2, -0.15) is 17.5 Å². The Hall–Kier alpha value is -2.59. The molecule has 0 spiro atoms. The van der Waals surface area contributed by atoms with Crippen molar-refractivity contribution in [3.05, 3.63) is 65.2 Å². The van der Waals surface area contributed by atoms with Gasteiger partial charge in [0.05, 0.1) is 10.5 Å². The quantitative estimate of drug-likeness (QED) is 0.694. The Bertz CT molecular complexity index is 1000. The average Bonchev–Trinajstić information content (AvgIpc) is 2.77. The van der Waals surface area contributed by atoms with E-state index in [0.717, 1.165) is 31.4 Å². The topological polar surface area (TPSA) is 78.5 Å². The molecule has 0 unspecified atom stereocenters. The average molecular weight is 456 g/mol. The van der Waals surface area contributed by atoms with Gasteiger partial charge in [-0.3, -0.25) is 0 Å². The molecule has 2 amide bonds. The van der Waals surface area contributed by atoms with E-state index in [1.54, 1.807) is 12.1 Å². The normalized spacial score (nSPS) is 15.5. The van der Waals surface area contributed by atoms with Gasteiger partial charge in [0.25, 0.3) is 0 Å². The van der Waals surface area contributed by atoms with Crippen LogP contribution in [0.25, 0.3) is 0 Å². The number of alkyl halides is 3. The second-order valence-electron chi connectivity index (χ2n) is 7.34. The Morgan fingerprint density at radius 1 is 0.903 bits per heavy atom. The van der Waals surface area contributed by atoms with Crippen LogP contribution in [0.5, 0.6) is 0 Å². The number of carbonyl (C=O) groups excluding carboxylic acids is 1. The first-order valence-corrected chi connectivity index (χ1v) is 11.4. The molecule has 1 aliphatic heterocycles. The van der Waals surface area contributed by atoms with E-state index < -0.39 is 27.8 Å². The molecular formula is C21H24F3N3O3S. The molecule has 168 valence electrons. The van der Waals surface area contributed by atoms with E-state index >= 15 is 0 Å². The fourth-order valence-corrected chi connectivity index (χ4v) is 4.84. The third-order valence-electron chi connectivity index (χ3n) is 5.04. The molecule has 0 aromatic heterocycles. The molecule has 1 fully saturated rings. The Morgan fingerprint density at radius 3 is 2.13 bits per heavy atom. The number of halogens is 3. The zero-order chi connectivity index (χ0) is 22.5. The first-order valence-electron chi connectivity index (χ1n) is 9.93. The largest absolute Gasteiger partial charge is 0.416 e. The summed E-state index contributed by atoms with van der Waals surface area (Å²) in [6, 6.07) is 10.5. The van der Waals surface area contributed by atoms with E-state index in [2.05, 4.69) is 10.6 Å². The predicted molar refractivity (Wildman–Crippen MR) is 110 cm³/mol. The third kappa shape index (κ3) is 6.20. The molecular weight excluding hydrogens is 431 g/mol. The fourth-order valence-electron chi connectivity index (χ4n) is 3.32. The number of rotatable bonds is 6. The molecule has 1 saturated heterocycles. The molecule has 0 saturated carbocycles. The lowest BCUT2D eigenvalue weighted by Crippen LogP contribution is -2.35. The number of hydrogen-bond donors (Lipinski definition) is 2. The van der Waals surface area contributed by atoms with Crippen LogP contribution in [-0.2, 0) is 29.3 Å². The van der Waals surface area contributed by atoms with Crippen molar-refractivity contribution in [3.8, 4) is 0 Å². The minimum Gasteiger partial charge on any atom is -0.334 e. The van der Waals surface area contributed by atoms with E-state index in [0.29, 0.717) is 24.2 Å². The number of nitrogens with zero attached hydrogens (tertiary/aromatic N) is 1. The smallest absolute Gasteiger partial charge is 0.334 e. The summed E-state index contributed by atoms with van der Waals surface area (Å²) in [6.45, 7) is 1.15. The summed E-state index contributed by atoms with van der Waals surface area (Å²) in [5, 5.41) is 5.11. The monoisotopic (exact) mass is 455 g/mol. The van der Waals surface area contributed by atoms with Crippen molar-refractivity contribution in [2.24, 2.45) is 0 Å². The van der Waals surface area contributed by atoms with Gasteiger partial charge in [-0.1, -0.05) is 30.7 Å². The van der Waals surface area contributed by atoms with E-state index in [9.17, 15) is 26.4 Å². The fraction of sp³-hybridized carbons (Fsp3) is 0.381. The highest BCUT2D eigenvalue weighted by Crippen LogP contribution is 2.29. The highest BCUT2D eigenvalue weighted by molar-refractivity contribution is 7.89. The van der Waals surface area contributed by atoms with Gasteiger partial charge in [-0.25, -0.2) is 13.2 Å². The lowest BCUT2D eigenvalue weighted by molar-refractivity contribution is -0.137. The summed E-state index contributed by atoms with van der Waals surface area (Å²) in [6.07, 6.45) is -1.69. The second kappa shape index (κ2) is 9.69. The molecule has 0 bridgehead atoms. The molecule has 0 atom stereocenters. The van der Waals surface area contributed by atoms with E-state index in [4.69, 9.17) is 0 Å². The summed E-state index contributed by atoms with van der Waals surface area (Å²) in [5.41, 5.74) is 0.260. The molecule has 2 aromatic rings. The zero-order valence-electron chi connectivity index (χ0n) is 16.8. The van der Waals surface area contributed by atoms with Crippen molar-refractivity contribution in [1.29, 1.82) is 0 Å². The molecule has 0 aliphatic carbocycles. The molecule has 0 radical (unpaired) electrons. The van der Waals surface area contributed by atoms with Gasteiger partial charge >= 0.3 is 12.2 Å². The summed E-state index contributed by atoms with van der Waals surface area (Å²) in [7, 11) is -3.51. The second-order valence-corrected chi connectivity index (χ2v) is 9.28. The number of benzene rings is 2. The number of nitrogens with one attached hydrogen (secondary N) is 2. The number of hydrogen-bond acceptors (Lipinski definition) is 3. The molecule has 2 N–H and O–H groups in total. The Labute approximate surface area is 179 Å². The van der Waals surface area contributed by atoms with Crippen LogP contribution in [0, 0.1) is 0 Å². The molecule has 10 heteroatoms. The summed E-state index contributed by atoms with van der Waals surface area (Å²) in [5.74, 6) is 0. The molecule has 31 heavy (non-hydrogen) atoms. The summed E-state index contributed by atoms with van der Waals surface area (Å²) in [4.78, 5) is 12.2. The van der Waals surface area contributed by atoms with Crippen LogP contribution in [0.15, 0.2) is 53.4 Å². The minimum atomic E-state index is -4.44. The van der Waals surface area contributed by atoms with Gasteiger partial charge in [-0.15, -0.1) is 0 Å². The van der Waals surface area contributed by atoms with Crippen molar-refractivity contribution in [3.63, 3.8) is 0 Å². The van der Waals surface area contributed by atoms with Crippen LogP contribution in [0.3, 0.4) is 0 Å². The maximum absolute atomic E-state index is 12.7. The van der Waals surface area contributed by atoms with Gasteiger partial charge in [0, 0.05) is 26.2 Å². The Morgan fingerprint density at radius 2 is 1.52 bits per heavy atom. The zero-order valence-corrected chi connectivity index (χ0v) is 17.6. The van der Waals surface area contributed by atoms with Crippen LogP contribution in [-0.4, -0.2) is 31.8 Å². The van der Waals surface area contributed by atoms with Crippen molar-refractivity contribution in [2.45, 2.75) is 43.4 Å². The lowest BCUT2D eigenvalue weighted by atomic mass is 10.1. The van der Waals surface area contributed by atoms with Crippen LogP contribution >= 0.6 is 0 Å². The number of piperidine rings is 1. The third-order valence-corrected chi connectivity index (χ3v) is 6.95. The van der Waals surface area contributed by atoms with E-state index in [1.165, 1.54) is 28.6 Å². The lowest BCUT2D eigenvalue weighted by Gasteiger charge is -2.25. The van der Waals surface area contributed by atoms with Crippen LogP contribution in [0.1, 0.15) is 36.0 Å². The van der Waals surface area contributed by atoms with E-state index in [1.807, 2.05) is 0 Å². The molecule has 3 rings (SSSR count). The van der Waals surface area contributed by atoms with Crippen LogP contribution in [0.4, 0.5) is 18.0 Å². The van der Waals surface area contributed by atoms with Gasteiger partial charge in [-0.05, 0) is 48.2 Å². The van der Waals surface area contributed by atoms with Crippen molar-refractivity contribution in [2.75, 3.05) is 13.1 Å². The van der Waals surface area contributed by atoms with Crippen LogP contribution < -0.4 is 10.6 Å². The maximum Gasteiger partial charge on any atom is 0.416 e. The Balaban J connectivity index is 1.50. The first kappa shape index (κ1) is 23.1. The van der Waals surface area contributed by atoms with Crippen LogP contribution in [0.2, 0.25) is 0 Å². The SMILES string of the molecule is O=C(NCc1ccc(S(=O)(=O)N2CCCCC2)cc1)NCc1cccc(C(F)(F)F)c1. The summed E-state index contributed by atoms with van der Waals surface area (Å²) < 4.78 is 65.0. The Kier molecular flexibility index (Phi) is 7.22. The van der Waals surface area contributed by atoms with Gasteiger partial charge < -0.3 is 10.6 Å². The van der Waals surface area contributed by atoms with Crippen molar-refractivity contribution >= 4 is 16.1 Å². The van der Waals surface area contributed by atoms with Gasteiger partial charge in [0.1, 0.15) is 0 Å². The van der Waals surface area contributed by atoms with Gasteiger partial charge in [0.2, 0.25) is 10.0 Å². The predicted octanol–water partition coefficient (Wildman–Crippen LogP) is 3.88. The van der Waals surface area contributed by atoms with E-state index in [-0.39, 0.29) is 18.0 Å². The molecule has 1 aliphatic rings. The standard InChI is InChI=1S/C21H24F3N3O3S/c22-21(23,24)18-6-4-5-17(13-18)15-26-20(28)25-14-16-7-9-19(10-8-16)31(29,30)27-11-2-1-3-12-27/h4-10,13H,1-3,11-12,14-15H2,(H2,25,26,28). The summed E-state index contributed by atoms with van der Waals surface area (Å²) >= 11 is 0. The highest BCUT2D eigenvalue weighted by atomic mass is 32.2. The van der Waals surface area contributed by atoms with Crippen molar-refractivity contribution < 1.29 is 26.4 Å². The number of amides is 2.